The highest BCUT2D eigenvalue weighted by molar-refractivity contribution is 5.42. The number of non-ortho nitro benzene ring substituents is 1. The van der Waals surface area contributed by atoms with Gasteiger partial charge in [0.15, 0.2) is 0 Å². The second-order valence-electron chi connectivity index (χ2n) is 4.30. The Balaban J connectivity index is 1.91. The fourth-order valence-electron chi connectivity index (χ4n) is 1.87. The van der Waals surface area contributed by atoms with Crippen LogP contribution in [0.25, 0.3) is 0 Å². The molecule has 0 saturated heterocycles. The van der Waals surface area contributed by atoms with E-state index in [9.17, 15) is 10.1 Å². The lowest BCUT2D eigenvalue weighted by Gasteiger charge is -2.06. The first-order valence-corrected chi connectivity index (χ1v) is 6.24. The van der Waals surface area contributed by atoms with Crippen molar-refractivity contribution in [3.63, 3.8) is 0 Å². The van der Waals surface area contributed by atoms with Gasteiger partial charge in [0.1, 0.15) is 11.5 Å². The van der Waals surface area contributed by atoms with Crippen LogP contribution < -0.4 is 10.1 Å². The number of hydrogen-bond donors (Lipinski definition) is 1. The molecule has 0 aliphatic heterocycles. The summed E-state index contributed by atoms with van der Waals surface area (Å²) < 4.78 is 10.3. The van der Waals surface area contributed by atoms with Crippen LogP contribution in [0.3, 0.4) is 0 Å². The largest absolute Gasteiger partial charge is 0.496 e. The molecule has 0 amide bonds. The first-order chi connectivity index (χ1) is 9.69. The van der Waals surface area contributed by atoms with Crippen molar-refractivity contribution < 1.29 is 14.1 Å². The molecule has 6 heteroatoms. The smallest absolute Gasteiger partial charge is 0.273 e. The Hall–Kier alpha value is -2.34. The van der Waals surface area contributed by atoms with E-state index in [1.165, 1.54) is 13.2 Å². The first-order valence-electron chi connectivity index (χ1n) is 6.24. The van der Waals surface area contributed by atoms with Crippen molar-refractivity contribution in [1.82, 2.24) is 5.32 Å². The van der Waals surface area contributed by atoms with Gasteiger partial charge in [-0.2, -0.15) is 0 Å². The van der Waals surface area contributed by atoms with Crippen molar-refractivity contribution in [3.05, 3.63) is 58.0 Å². The minimum absolute atomic E-state index is 0.0344. The van der Waals surface area contributed by atoms with Gasteiger partial charge >= 0.3 is 0 Å². The van der Waals surface area contributed by atoms with E-state index < -0.39 is 4.92 Å². The second kappa shape index (κ2) is 6.72. The molecule has 1 heterocycles. The molecule has 0 saturated carbocycles. The van der Waals surface area contributed by atoms with E-state index in [0.717, 1.165) is 24.3 Å². The summed E-state index contributed by atoms with van der Waals surface area (Å²) in [5.74, 6) is 1.40. The van der Waals surface area contributed by atoms with E-state index in [0.29, 0.717) is 12.3 Å². The zero-order valence-corrected chi connectivity index (χ0v) is 11.2. The summed E-state index contributed by atoms with van der Waals surface area (Å²) in [6, 6.07) is 8.50. The highest BCUT2D eigenvalue weighted by Gasteiger charge is 2.09. The molecule has 6 nitrogen and oxygen atoms in total. The van der Waals surface area contributed by atoms with Crippen LogP contribution in [0.1, 0.15) is 11.3 Å². The molecule has 0 fully saturated rings. The Labute approximate surface area is 116 Å². The summed E-state index contributed by atoms with van der Waals surface area (Å²) in [7, 11) is 1.49. The van der Waals surface area contributed by atoms with E-state index >= 15 is 0 Å². The summed E-state index contributed by atoms with van der Waals surface area (Å²) in [5.41, 5.74) is 0.850. The van der Waals surface area contributed by atoms with Crippen molar-refractivity contribution >= 4 is 5.69 Å². The van der Waals surface area contributed by atoms with Gasteiger partial charge in [-0.1, -0.05) is 0 Å². The average molecular weight is 276 g/mol. The van der Waals surface area contributed by atoms with E-state index in [1.54, 1.807) is 18.4 Å². The Morgan fingerprint density at radius 2 is 2.25 bits per heavy atom. The Kier molecular flexibility index (Phi) is 4.73. The maximum absolute atomic E-state index is 10.8. The van der Waals surface area contributed by atoms with Crippen LogP contribution in [0.15, 0.2) is 41.0 Å². The van der Waals surface area contributed by atoms with Crippen molar-refractivity contribution in [2.24, 2.45) is 0 Å². The molecule has 0 radical (unpaired) electrons. The molecule has 0 unspecified atom stereocenters. The lowest BCUT2D eigenvalue weighted by Crippen LogP contribution is -2.16. The fourth-order valence-corrected chi connectivity index (χ4v) is 1.87. The van der Waals surface area contributed by atoms with Gasteiger partial charge in [0.2, 0.25) is 0 Å². The molecule has 0 atom stereocenters. The SMILES string of the molecule is COc1cc(CNCCc2ccco2)cc([N+](=O)[O-])c1. The Bertz CT molecular complexity index is 567. The van der Waals surface area contributed by atoms with Crippen LogP contribution >= 0.6 is 0 Å². The molecular weight excluding hydrogens is 260 g/mol. The number of hydrogen-bond acceptors (Lipinski definition) is 5. The minimum Gasteiger partial charge on any atom is -0.496 e. The zero-order valence-electron chi connectivity index (χ0n) is 11.2. The van der Waals surface area contributed by atoms with Gasteiger partial charge < -0.3 is 14.5 Å². The third kappa shape index (κ3) is 3.83. The maximum Gasteiger partial charge on any atom is 0.273 e. The molecule has 1 N–H and O–H groups in total. The van der Waals surface area contributed by atoms with Gasteiger partial charge in [-0.15, -0.1) is 0 Å². The lowest BCUT2D eigenvalue weighted by atomic mass is 10.2. The number of nitro groups is 1. The number of nitrogens with one attached hydrogen (secondary N) is 1. The van der Waals surface area contributed by atoms with Gasteiger partial charge in [0.05, 0.1) is 24.4 Å². The molecule has 1 aromatic carbocycles. The summed E-state index contributed by atoms with van der Waals surface area (Å²) in [5, 5.41) is 14.0. The van der Waals surface area contributed by atoms with Crippen LogP contribution in [0.5, 0.6) is 5.75 Å². The number of rotatable bonds is 7. The minimum atomic E-state index is -0.422. The predicted molar refractivity (Wildman–Crippen MR) is 73.8 cm³/mol. The van der Waals surface area contributed by atoms with Crippen LogP contribution in [0.4, 0.5) is 5.69 Å². The van der Waals surface area contributed by atoms with Crippen LogP contribution in [0.2, 0.25) is 0 Å². The molecule has 20 heavy (non-hydrogen) atoms. The van der Waals surface area contributed by atoms with Crippen LogP contribution in [-0.4, -0.2) is 18.6 Å². The molecule has 1 aromatic heterocycles. The van der Waals surface area contributed by atoms with Crippen LogP contribution in [0, 0.1) is 10.1 Å². The van der Waals surface area contributed by atoms with Gasteiger partial charge in [-0.25, -0.2) is 0 Å². The normalized spacial score (nSPS) is 10.4. The maximum atomic E-state index is 10.8. The molecule has 0 aliphatic carbocycles. The fraction of sp³-hybridized carbons (Fsp3) is 0.286. The number of furan rings is 1. The molecule has 106 valence electrons. The molecule has 0 aliphatic rings. The van der Waals surface area contributed by atoms with Crippen molar-refractivity contribution in [2.45, 2.75) is 13.0 Å². The molecular formula is C14H16N2O4. The quantitative estimate of drug-likeness (QED) is 0.477. The monoisotopic (exact) mass is 276 g/mol. The summed E-state index contributed by atoms with van der Waals surface area (Å²) in [6.07, 6.45) is 2.42. The van der Waals surface area contributed by atoms with Gasteiger partial charge in [0.25, 0.3) is 5.69 Å². The standard InChI is InChI=1S/C14H16N2O4/c1-19-14-8-11(7-12(9-14)16(17)18)10-15-5-4-13-3-2-6-20-13/h2-3,6-9,15H,4-5,10H2,1H3. The number of ether oxygens (including phenoxy) is 1. The predicted octanol–water partition coefficient (Wildman–Crippen LogP) is 2.53. The van der Waals surface area contributed by atoms with Gasteiger partial charge in [-0.05, 0) is 23.8 Å². The first kappa shape index (κ1) is 14.1. The number of methoxy groups -OCH3 is 1. The van der Waals surface area contributed by atoms with Crippen molar-refractivity contribution in [3.8, 4) is 5.75 Å². The molecule has 2 rings (SSSR count). The second-order valence-corrected chi connectivity index (χ2v) is 4.30. The van der Waals surface area contributed by atoms with Gasteiger partial charge in [-0.3, -0.25) is 10.1 Å². The third-order valence-corrected chi connectivity index (χ3v) is 2.85. The summed E-state index contributed by atoms with van der Waals surface area (Å²) in [6.45, 7) is 1.28. The number of benzene rings is 1. The number of nitro benzene ring substituents is 1. The Morgan fingerprint density at radius 3 is 2.90 bits per heavy atom. The van der Waals surface area contributed by atoms with E-state index in [1.807, 2.05) is 12.1 Å². The van der Waals surface area contributed by atoms with Crippen LogP contribution in [-0.2, 0) is 13.0 Å². The highest BCUT2D eigenvalue weighted by atomic mass is 16.6. The van der Waals surface area contributed by atoms with Crippen molar-refractivity contribution in [2.75, 3.05) is 13.7 Å². The van der Waals surface area contributed by atoms with E-state index in [4.69, 9.17) is 9.15 Å². The van der Waals surface area contributed by atoms with Crippen molar-refractivity contribution in [1.29, 1.82) is 0 Å². The summed E-state index contributed by atoms with van der Waals surface area (Å²) in [4.78, 5) is 10.4. The van der Waals surface area contributed by atoms with Gasteiger partial charge in [0, 0.05) is 25.6 Å². The van der Waals surface area contributed by atoms with E-state index in [-0.39, 0.29) is 5.69 Å². The number of nitrogens with zero attached hydrogens (tertiary/aromatic N) is 1. The molecule has 0 spiro atoms. The summed E-state index contributed by atoms with van der Waals surface area (Å²) >= 11 is 0. The highest BCUT2D eigenvalue weighted by Crippen LogP contribution is 2.22. The lowest BCUT2D eigenvalue weighted by molar-refractivity contribution is -0.385. The zero-order chi connectivity index (χ0) is 14.4. The van der Waals surface area contributed by atoms with E-state index in [2.05, 4.69) is 5.32 Å². The average Bonchev–Trinajstić information content (AvgIpc) is 2.96. The molecule has 2 aromatic rings. The topological polar surface area (TPSA) is 77.5 Å². The third-order valence-electron chi connectivity index (χ3n) is 2.85. The molecule has 0 bridgehead atoms. The Morgan fingerprint density at radius 1 is 1.40 bits per heavy atom.